The number of carbonyl (C=O) groups excluding carboxylic acids is 1. The minimum atomic E-state index is -0.580. The van der Waals surface area contributed by atoms with E-state index in [2.05, 4.69) is 17.0 Å². The first kappa shape index (κ1) is 24.6. The molecule has 7 nitrogen and oxygen atoms in total. The van der Waals surface area contributed by atoms with Crippen LogP contribution >= 0.6 is 0 Å². The van der Waals surface area contributed by atoms with Crippen molar-refractivity contribution in [1.29, 1.82) is 0 Å². The number of likely N-dealkylation sites (N-methyl/N-ethyl adjacent to an activating group) is 1. The molecular weight excluding hydrogens is 442 g/mol. The monoisotopic (exact) mass is 477 g/mol. The molecule has 4 rings (SSSR count). The van der Waals surface area contributed by atoms with Gasteiger partial charge in [-0.15, -0.1) is 0 Å². The largest absolute Gasteiger partial charge is 0.495 e. The molecule has 1 fully saturated rings. The minimum absolute atomic E-state index is 0.0224. The topological polar surface area (TPSA) is 64.0 Å². The Bertz CT molecular complexity index is 1260. The van der Waals surface area contributed by atoms with Crippen molar-refractivity contribution in [3.8, 4) is 5.75 Å². The first-order chi connectivity index (χ1) is 16.6. The fourth-order valence-electron chi connectivity index (χ4n) is 4.97. The molecule has 0 radical (unpaired) electrons. The second kappa shape index (κ2) is 9.64. The number of benzene rings is 2. The molecule has 0 spiro atoms. The molecule has 2 heterocycles. The number of piperidine rings is 1. The van der Waals surface area contributed by atoms with Gasteiger partial charge in [0.25, 0.3) is 5.56 Å². The Morgan fingerprint density at radius 3 is 2.46 bits per heavy atom. The summed E-state index contributed by atoms with van der Waals surface area (Å²) in [5.41, 5.74) is 2.12. The minimum Gasteiger partial charge on any atom is -0.495 e. The maximum Gasteiger partial charge on any atom is 0.410 e. The molecule has 2 atom stereocenters. The van der Waals surface area contributed by atoms with Crippen molar-refractivity contribution < 1.29 is 14.3 Å². The van der Waals surface area contributed by atoms with E-state index in [9.17, 15) is 9.59 Å². The van der Waals surface area contributed by atoms with Crippen molar-refractivity contribution in [2.45, 2.75) is 51.3 Å². The number of fused-ring (bicyclic) bond motifs is 1. The zero-order valence-corrected chi connectivity index (χ0v) is 21.4. The summed E-state index contributed by atoms with van der Waals surface area (Å²) >= 11 is 0. The van der Waals surface area contributed by atoms with E-state index < -0.39 is 5.60 Å². The molecule has 186 valence electrons. The van der Waals surface area contributed by atoms with Crippen molar-refractivity contribution in [1.82, 2.24) is 9.47 Å². The van der Waals surface area contributed by atoms with Gasteiger partial charge in [0, 0.05) is 32.1 Å². The van der Waals surface area contributed by atoms with E-state index in [1.54, 1.807) is 24.8 Å². The number of methoxy groups -OCH3 is 1. The lowest BCUT2D eigenvalue weighted by molar-refractivity contribution is 0.00622. The molecule has 1 amide bonds. The van der Waals surface area contributed by atoms with Gasteiger partial charge in [0.2, 0.25) is 0 Å². The molecule has 1 aliphatic rings. The van der Waals surface area contributed by atoms with Gasteiger partial charge in [-0.3, -0.25) is 9.69 Å². The van der Waals surface area contributed by atoms with E-state index in [0.29, 0.717) is 6.54 Å². The molecule has 1 saturated heterocycles. The first-order valence-electron chi connectivity index (χ1n) is 12.1. The number of amides is 1. The number of aryl methyl sites for hydroxylation is 1. The van der Waals surface area contributed by atoms with Gasteiger partial charge >= 0.3 is 6.09 Å². The van der Waals surface area contributed by atoms with Gasteiger partial charge in [0.1, 0.15) is 11.4 Å². The Hall–Kier alpha value is -3.48. The number of rotatable bonds is 4. The van der Waals surface area contributed by atoms with Gasteiger partial charge in [-0.1, -0.05) is 30.3 Å². The Balaban J connectivity index is 1.80. The van der Waals surface area contributed by atoms with E-state index in [1.807, 2.05) is 69.1 Å². The summed E-state index contributed by atoms with van der Waals surface area (Å²) in [6.07, 6.45) is 1.44. The molecule has 1 aromatic heterocycles. The number of anilines is 1. The predicted molar refractivity (Wildman–Crippen MR) is 139 cm³/mol. The van der Waals surface area contributed by atoms with E-state index in [1.165, 1.54) is 0 Å². The fourth-order valence-corrected chi connectivity index (χ4v) is 4.97. The molecule has 0 saturated carbocycles. The Labute approximate surface area is 206 Å². The third-order valence-corrected chi connectivity index (χ3v) is 6.67. The van der Waals surface area contributed by atoms with Gasteiger partial charge in [-0.25, -0.2) is 4.79 Å². The van der Waals surface area contributed by atoms with Crippen molar-refractivity contribution >= 4 is 22.7 Å². The zero-order valence-electron chi connectivity index (χ0n) is 21.4. The zero-order chi connectivity index (χ0) is 25.3. The standard InChI is InChI=1S/C28H35N3O4/c1-28(2,3)35-27(33)31-16-10-13-21(26(31)19-11-8-7-9-12-19)29(4)23-18-22-20(17-24(23)34-6)14-15-25(32)30(22)5/h7-9,11-12,14-15,17-18,21,26H,10,13,16H2,1-6H3/t21-,26-/m0/s1. The highest BCUT2D eigenvalue weighted by Gasteiger charge is 2.40. The molecule has 0 unspecified atom stereocenters. The van der Waals surface area contributed by atoms with Crippen LogP contribution < -0.4 is 15.2 Å². The predicted octanol–water partition coefficient (Wildman–Crippen LogP) is 5.12. The fraction of sp³-hybridized carbons (Fsp3) is 0.429. The molecule has 1 aliphatic heterocycles. The average Bonchev–Trinajstić information content (AvgIpc) is 2.84. The van der Waals surface area contributed by atoms with E-state index in [4.69, 9.17) is 9.47 Å². The van der Waals surface area contributed by atoms with Crippen LogP contribution in [0.15, 0.2) is 59.4 Å². The van der Waals surface area contributed by atoms with Gasteiger partial charge in [-0.05, 0) is 57.4 Å². The summed E-state index contributed by atoms with van der Waals surface area (Å²) < 4.78 is 13.2. The lowest BCUT2D eigenvalue weighted by atomic mass is 9.89. The normalized spacial score (nSPS) is 18.4. The maximum absolute atomic E-state index is 13.3. The van der Waals surface area contributed by atoms with Crippen LogP contribution in [0.1, 0.15) is 45.2 Å². The maximum atomic E-state index is 13.3. The number of hydrogen-bond acceptors (Lipinski definition) is 5. The van der Waals surface area contributed by atoms with Crippen LogP contribution in [-0.2, 0) is 11.8 Å². The molecular formula is C28H35N3O4. The lowest BCUT2D eigenvalue weighted by Gasteiger charge is -2.46. The number of carbonyl (C=O) groups is 1. The first-order valence-corrected chi connectivity index (χ1v) is 12.1. The smallest absolute Gasteiger partial charge is 0.410 e. The van der Waals surface area contributed by atoms with Gasteiger partial charge in [0.15, 0.2) is 0 Å². The number of nitrogens with zero attached hydrogens (tertiary/aromatic N) is 3. The molecule has 3 aromatic rings. The van der Waals surface area contributed by atoms with Crippen LogP contribution in [0.2, 0.25) is 0 Å². The summed E-state index contributed by atoms with van der Waals surface area (Å²) in [5.74, 6) is 0.722. The Morgan fingerprint density at radius 2 is 1.80 bits per heavy atom. The SMILES string of the molecule is COc1cc2ccc(=O)n(C)c2cc1N(C)[C@H]1CCCN(C(=O)OC(C)(C)C)[C@H]1c1ccccc1. The summed E-state index contributed by atoms with van der Waals surface area (Å²) in [6.45, 7) is 6.29. The van der Waals surface area contributed by atoms with Crippen molar-refractivity contribution in [3.63, 3.8) is 0 Å². The quantitative estimate of drug-likeness (QED) is 0.522. The summed E-state index contributed by atoms with van der Waals surface area (Å²) in [5, 5.41) is 0.930. The van der Waals surface area contributed by atoms with E-state index in [-0.39, 0.29) is 23.7 Å². The number of hydrogen-bond donors (Lipinski definition) is 0. The highest BCUT2D eigenvalue weighted by atomic mass is 16.6. The molecule has 0 N–H and O–H groups in total. The van der Waals surface area contributed by atoms with Crippen LogP contribution in [0.25, 0.3) is 10.9 Å². The summed E-state index contributed by atoms with van der Waals surface area (Å²) in [4.78, 5) is 29.6. The van der Waals surface area contributed by atoms with Crippen LogP contribution in [-0.4, -0.2) is 47.9 Å². The molecule has 35 heavy (non-hydrogen) atoms. The molecule has 2 aromatic carbocycles. The van der Waals surface area contributed by atoms with Crippen molar-refractivity contribution in [2.75, 3.05) is 25.6 Å². The number of aromatic nitrogens is 1. The van der Waals surface area contributed by atoms with Crippen LogP contribution in [0.5, 0.6) is 5.75 Å². The second-order valence-electron chi connectivity index (χ2n) is 10.2. The molecule has 0 aliphatic carbocycles. The number of likely N-dealkylation sites (tertiary alicyclic amines) is 1. The highest BCUT2D eigenvalue weighted by molar-refractivity contribution is 5.86. The number of pyridine rings is 1. The lowest BCUT2D eigenvalue weighted by Crippen LogP contribution is -2.52. The van der Waals surface area contributed by atoms with Crippen LogP contribution in [0.3, 0.4) is 0 Å². The third kappa shape index (κ3) is 4.99. The Morgan fingerprint density at radius 1 is 1.09 bits per heavy atom. The average molecular weight is 478 g/mol. The molecule has 0 bridgehead atoms. The van der Waals surface area contributed by atoms with Crippen molar-refractivity contribution in [2.24, 2.45) is 7.05 Å². The van der Waals surface area contributed by atoms with Gasteiger partial charge in [0.05, 0.1) is 30.4 Å². The summed E-state index contributed by atoms with van der Waals surface area (Å²) in [7, 11) is 5.46. The Kier molecular flexibility index (Phi) is 6.79. The highest BCUT2D eigenvalue weighted by Crippen LogP contribution is 2.40. The van der Waals surface area contributed by atoms with Crippen LogP contribution in [0, 0.1) is 0 Å². The van der Waals surface area contributed by atoms with E-state index >= 15 is 0 Å². The van der Waals surface area contributed by atoms with Gasteiger partial charge < -0.3 is 18.9 Å². The number of ether oxygens (including phenoxy) is 2. The van der Waals surface area contributed by atoms with Crippen molar-refractivity contribution in [3.05, 3.63) is 70.5 Å². The summed E-state index contributed by atoms with van der Waals surface area (Å²) in [6, 6.07) is 17.2. The molecule has 7 heteroatoms. The van der Waals surface area contributed by atoms with E-state index in [0.717, 1.165) is 40.7 Å². The van der Waals surface area contributed by atoms with Gasteiger partial charge in [-0.2, -0.15) is 0 Å². The second-order valence-corrected chi connectivity index (χ2v) is 10.2. The van der Waals surface area contributed by atoms with Crippen LogP contribution in [0.4, 0.5) is 10.5 Å². The third-order valence-electron chi connectivity index (χ3n) is 6.67.